The van der Waals surface area contributed by atoms with Gasteiger partial charge in [0.1, 0.15) is 6.61 Å². The highest BCUT2D eigenvalue weighted by molar-refractivity contribution is 5.67. The largest absolute Gasteiger partial charge is 0.445 e. The van der Waals surface area contributed by atoms with Gasteiger partial charge in [0.2, 0.25) is 0 Å². The van der Waals surface area contributed by atoms with Gasteiger partial charge >= 0.3 is 6.09 Å². The Morgan fingerprint density at radius 3 is 2.60 bits per heavy atom. The molecule has 3 N–H and O–H groups in total. The van der Waals surface area contributed by atoms with Gasteiger partial charge in [0.25, 0.3) is 0 Å². The van der Waals surface area contributed by atoms with E-state index in [4.69, 9.17) is 10.5 Å². The van der Waals surface area contributed by atoms with Crippen LogP contribution in [-0.4, -0.2) is 18.7 Å². The van der Waals surface area contributed by atoms with Crippen molar-refractivity contribution in [3.8, 4) is 0 Å². The van der Waals surface area contributed by atoms with Crippen molar-refractivity contribution in [1.82, 2.24) is 5.32 Å². The first-order valence-electron chi connectivity index (χ1n) is 7.47. The minimum absolute atomic E-state index is 0.0403. The van der Waals surface area contributed by atoms with Gasteiger partial charge in [-0.05, 0) is 24.3 Å². The highest BCUT2D eigenvalue weighted by Crippen LogP contribution is 2.26. The van der Waals surface area contributed by atoms with Gasteiger partial charge in [0, 0.05) is 12.6 Å². The Morgan fingerprint density at radius 1 is 1.25 bits per heavy atom. The van der Waals surface area contributed by atoms with E-state index >= 15 is 0 Å². The van der Waals surface area contributed by atoms with Crippen molar-refractivity contribution in [1.29, 1.82) is 0 Å². The highest BCUT2D eigenvalue weighted by Gasteiger charge is 2.24. The van der Waals surface area contributed by atoms with Gasteiger partial charge in [0.15, 0.2) is 0 Å². The number of hydrogen-bond donors (Lipinski definition) is 2. The van der Waals surface area contributed by atoms with E-state index in [2.05, 4.69) is 5.32 Å². The Hall–Kier alpha value is -1.55. The summed E-state index contributed by atoms with van der Waals surface area (Å²) >= 11 is 0. The molecule has 0 saturated heterocycles. The Balaban J connectivity index is 1.77. The molecule has 2 rings (SSSR count). The third kappa shape index (κ3) is 4.53. The maximum Gasteiger partial charge on any atom is 0.407 e. The van der Waals surface area contributed by atoms with Crippen LogP contribution in [0.5, 0.6) is 0 Å². The van der Waals surface area contributed by atoms with Crippen molar-refractivity contribution in [3.05, 3.63) is 35.9 Å². The number of benzene rings is 1. The van der Waals surface area contributed by atoms with Crippen molar-refractivity contribution in [2.45, 2.75) is 44.8 Å². The summed E-state index contributed by atoms with van der Waals surface area (Å²) in [6.45, 7) is 0.778. The van der Waals surface area contributed by atoms with Crippen molar-refractivity contribution in [2.75, 3.05) is 6.54 Å². The summed E-state index contributed by atoms with van der Waals surface area (Å²) < 4.78 is 5.25. The average Bonchev–Trinajstić information content (AvgIpc) is 2.52. The summed E-state index contributed by atoms with van der Waals surface area (Å²) in [5.41, 5.74) is 6.78. The molecule has 0 heterocycles. The number of rotatable bonds is 5. The van der Waals surface area contributed by atoms with Crippen LogP contribution in [0, 0.1) is 5.92 Å². The van der Waals surface area contributed by atoms with Crippen LogP contribution >= 0.6 is 0 Å². The molecule has 1 unspecified atom stereocenters. The van der Waals surface area contributed by atoms with E-state index in [-0.39, 0.29) is 12.1 Å². The van der Waals surface area contributed by atoms with Crippen molar-refractivity contribution in [3.63, 3.8) is 0 Å². The molecule has 0 aliphatic heterocycles. The summed E-state index contributed by atoms with van der Waals surface area (Å²) in [6, 6.07) is 9.72. The number of carbonyl (C=O) groups excluding carboxylic acids is 1. The molecule has 1 aliphatic rings. The Labute approximate surface area is 120 Å². The lowest BCUT2D eigenvalue weighted by molar-refractivity contribution is 0.129. The van der Waals surface area contributed by atoms with E-state index in [1.807, 2.05) is 30.3 Å². The van der Waals surface area contributed by atoms with Crippen LogP contribution in [0.25, 0.3) is 0 Å². The number of nitrogens with one attached hydrogen (secondary N) is 1. The molecule has 0 aromatic heterocycles. The smallest absolute Gasteiger partial charge is 0.407 e. The number of carbonyl (C=O) groups is 1. The zero-order valence-electron chi connectivity index (χ0n) is 11.9. The fourth-order valence-electron chi connectivity index (χ4n) is 2.82. The van der Waals surface area contributed by atoms with Crippen molar-refractivity contribution < 1.29 is 9.53 Å². The molecule has 1 aliphatic carbocycles. The van der Waals surface area contributed by atoms with E-state index in [1.54, 1.807) is 0 Å². The van der Waals surface area contributed by atoms with Crippen molar-refractivity contribution in [2.24, 2.45) is 11.7 Å². The number of ether oxygens (including phenoxy) is 1. The summed E-state index contributed by atoms with van der Waals surface area (Å²) in [5.74, 6) is 0.498. The molecule has 1 aromatic rings. The molecule has 1 atom stereocenters. The summed E-state index contributed by atoms with van der Waals surface area (Å²) in [5, 5.41) is 2.92. The molecule has 4 heteroatoms. The van der Waals surface area contributed by atoms with Gasteiger partial charge in [-0.1, -0.05) is 49.6 Å². The molecule has 110 valence electrons. The monoisotopic (exact) mass is 276 g/mol. The first-order chi connectivity index (χ1) is 9.79. The van der Waals surface area contributed by atoms with Gasteiger partial charge in [-0.25, -0.2) is 4.79 Å². The molecule has 4 nitrogen and oxygen atoms in total. The van der Waals surface area contributed by atoms with Crippen LogP contribution in [0.4, 0.5) is 4.79 Å². The zero-order chi connectivity index (χ0) is 14.2. The van der Waals surface area contributed by atoms with Crippen LogP contribution in [0.2, 0.25) is 0 Å². The normalized spacial score (nSPS) is 17.4. The van der Waals surface area contributed by atoms with Crippen LogP contribution < -0.4 is 11.1 Å². The molecule has 0 radical (unpaired) electrons. The lowest BCUT2D eigenvalue weighted by Gasteiger charge is -2.29. The Morgan fingerprint density at radius 2 is 1.95 bits per heavy atom. The zero-order valence-corrected chi connectivity index (χ0v) is 11.9. The first-order valence-corrected chi connectivity index (χ1v) is 7.47. The number of nitrogens with two attached hydrogens (primary N) is 1. The lowest BCUT2D eigenvalue weighted by atomic mass is 9.84. The molecule has 0 spiro atoms. The minimum atomic E-state index is -0.366. The molecule has 20 heavy (non-hydrogen) atoms. The second-order valence-electron chi connectivity index (χ2n) is 5.45. The van der Waals surface area contributed by atoms with Gasteiger partial charge in [-0.3, -0.25) is 0 Å². The number of amides is 1. The van der Waals surface area contributed by atoms with Gasteiger partial charge in [-0.15, -0.1) is 0 Å². The van der Waals surface area contributed by atoms with Gasteiger partial charge in [0.05, 0.1) is 0 Å². The second kappa shape index (κ2) is 7.90. The molecule has 1 amide bonds. The summed E-state index contributed by atoms with van der Waals surface area (Å²) in [6.07, 6.45) is 5.72. The lowest BCUT2D eigenvalue weighted by Crippen LogP contribution is -2.46. The molecule has 1 aromatic carbocycles. The van der Waals surface area contributed by atoms with Crippen LogP contribution in [-0.2, 0) is 11.3 Å². The second-order valence-corrected chi connectivity index (χ2v) is 5.45. The van der Waals surface area contributed by atoms with E-state index in [9.17, 15) is 4.79 Å². The molecular weight excluding hydrogens is 252 g/mol. The third-order valence-electron chi connectivity index (χ3n) is 3.99. The predicted molar refractivity (Wildman–Crippen MR) is 79.2 cm³/mol. The molecule has 1 fully saturated rings. The number of hydrogen-bond acceptors (Lipinski definition) is 3. The summed E-state index contributed by atoms with van der Waals surface area (Å²) in [4.78, 5) is 11.8. The maximum atomic E-state index is 11.8. The van der Waals surface area contributed by atoms with Gasteiger partial charge < -0.3 is 15.8 Å². The fourth-order valence-corrected chi connectivity index (χ4v) is 2.82. The molecular formula is C16H24N2O2. The average molecular weight is 276 g/mol. The molecule has 1 saturated carbocycles. The predicted octanol–water partition coefficient (Wildman–Crippen LogP) is 2.82. The maximum absolute atomic E-state index is 11.8. The van der Waals surface area contributed by atoms with Crippen LogP contribution in [0.1, 0.15) is 37.7 Å². The Bertz CT molecular complexity index is 402. The number of alkyl carbamates (subject to hydrolysis) is 1. The van der Waals surface area contributed by atoms with Crippen LogP contribution in [0.15, 0.2) is 30.3 Å². The first kappa shape index (κ1) is 14.9. The van der Waals surface area contributed by atoms with E-state index in [1.165, 1.54) is 19.3 Å². The standard InChI is InChI=1S/C16H24N2O2/c17-11-15(14-9-5-2-6-10-14)18-16(19)20-12-13-7-3-1-4-8-13/h1,3-4,7-8,14-15H,2,5-6,9-12,17H2,(H,18,19). The molecule has 0 bridgehead atoms. The minimum Gasteiger partial charge on any atom is -0.445 e. The highest BCUT2D eigenvalue weighted by atomic mass is 16.5. The van der Waals surface area contributed by atoms with E-state index in [0.717, 1.165) is 18.4 Å². The van der Waals surface area contributed by atoms with E-state index in [0.29, 0.717) is 19.1 Å². The topological polar surface area (TPSA) is 64.3 Å². The SMILES string of the molecule is NCC(NC(=O)OCc1ccccc1)C1CCCCC1. The van der Waals surface area contributed by atoms with Crippen LogP contribution in [0.3, 0.4) is 0 Å². The van der Waals surface area contributed by atoms with E-state index < -0.39 is 0 Å². The third-order valence-corrected chi connectivity index (χ3v) is 3.99. The Kier molecular flexibility index (Phi) is 5.87. The fraction of sp³-hybridized carbons (Fsp3) is 0.562. The quantitative estimate of drug-likeness (QED) is 0.869. The van der Waals surface area contributed by atoms with Gasteiger partial charge in [-0.2, -0.15) is 0 Å². The summed E-state index contributed by atoms with van der Waals surface area (Å²) in [7, 11) is 0. The van der Waals surface area contributed by atoms with Crippen molar-refractivity contribution >= 4 is 6.09 Å².